The second-order valence-electron chi connectivity index (χ2n) is 11.7. The molecule has 3 aromatic carbocycles. The number of benzene rings is 3. The SMILES string of the molecule is BCc1ccc(-c2ccc(-c3ccc(C4=CCC(C5CCC(CC/C=C/C)CC5)CC4)c(F)c3)cc2)c(F)c1F. The highest BCUT2D eigenvalue weighted by atomic mass is 19.2. The molecule has 0 aromatic heterocycles. The number of hydrogen-bond donors (Lipinski definition) is 0. The van der Waals surface area contributed by atoms with Gasteiger partial charge in [0.1, 0.15) is 13.7 Å². The zero-order valence-electron chi connectivity index (χ0n) is 23.9. The van der Waals surface area contributed by atoms with Gasteiger partial charge in [-0.25, -0.2) is 13.2 Å². The van der Waals surface area contributed by atoms with Gasteiger partial charge in [-0.05, 0) is 104 Å². The first-order valence-electron chi connectivity index (χ1n) is 15.2. The fraction of sp³-hybridized carbons (Fsp3) is 0.389. The molecule has 1 unspecified atom stereocenters. The summed E-state index contributed by atoms with van der Waals surface area (Å²) in [6, 6.07) is 15.9. The summed E-state index contributed by atoms with van der Waals surface area (Å²) in [4.78, 5) is 0. The molecule has 208 valence electrons. The van der Waals surface area contributed by atoms with Gasteiger partial charge in [0.2, 0.25) is 0 Å². The molecule has 0 radical (unpaired) electrons. The maximum absolute atomic E-state index is 15.3. The molecular weight excluding hydrogens is 500 g/mol. The third kappa shape index (κ3) is 6.32. The molecule has 5 rings (SSSR count). The minimum absolute atomic E-state index is 0.198. The average Bonchev–Trinajstić information content (AvgIpc) is 2.99. The van der Waals surface area contributed by atoms with E-state index < -0.39 is 11.6 Å². The lowest BCUT2D eigenvalue weighted by molar-refractivity contribution is 0.190. The van der Waals surface area contributed by atoms with Crippen LogP contribution in [0.3, 0.4) is 0 Å². The summed E-state index contributed by atoms with van der Waals surface area (Å²) < 4.78 is 44.2. The maximum atomic E-state index is 15.3. The fourth-order valence-electron chi connectivity index (χ4n) is 6.86. The van der Waals surface area contributed by atoms with Gasteiger partial charge in [-0.1, -0.05) is 85.9 Å². The van der Waals surface area contributed by atoms with E-state index in [-0.39, 0.29) is 11.4 Å². The standard InChI is InChI=1S/C36H40BF3/c1-2-3-4-5-24-6-8-25(9-7-24)26-10-14-28(15-11-26)32-20-18-30(22-34(32)38)27-12-16-29(17-13-27)33-21-19-31(23-37)35(39)36(33)40/h2-3,12-14,16-22,24-26H,4-11,15,23,37H2,1H3/b3-2+. The quantitative estimate of drug-likeness (QED) is 0.197. The van der Waals surface area contributed by atoms with Crippen molar-refractivity contribution in [3.63, 3.8) is 0 Å². The van der Waals surface area contributed by atoms with Crippen LogP contribution in [0.25, 0.3) is 27.8 Å². The summed E-state index contributed by atoms with van der Waals surface area (Å²) in [7, 11) is 1.80. The minimum Gasteiger partial charge on any atom is -0.206 e. The molecule has 40 heavy (non-hydrogen) atoms. The van der Waals surface area contributed by atoms with Gasteiger partial charge in [0.05, 0.1) is 0 Å². The number of hydrogen-bond acceptors (Lipinski definition) is 0. The van der Waals surface area contributed by atoms with Gasteiger partial charge < -0.3 is 0 Å². The Kier molecular flexibility index (Phi) is 9.34. The van der Waals surface area contributed by atoms with Gasteiger partial charge in [0.25, 0.3) is 0 Å². The Hall–Kier alpha value is -3.01. The number of rotatable bonds is 8. The molecule has 2 aliphatic rings. The average molecular weight is 541 g/mol. The predicted molar refractivity (Wildman–Crippen MR) is 164 cm³/mol. The molecule has 0 nitrogen and oxygen atoms in total. The minimum atomic E-state index is -0.821. The van der Waals surface area contributed by atoms with Crippen molar-refractivity contribution in [1.29, 1.82) is 0 Å². The molecule has 2 aliphatic carbocycles. The van der Waals surface area contributed by atoms with Crippen molar-refractivity contribution in [1.82, 2.24) is 0 Å². The molecule has 0 heterocycles. The van der Waals surface area contributed by atoms with E-state index in [4.69, 9.17) is 0 Å². The van der Waals surface area contributed by atoms with Crippen LogP contribution >= 0.6 is 0 Å². The van der Waals surface area contributed by atoms with E-state index in [2.05, 4.69) is 25.2 Å². The van der Waals surface area contributed by atoms with E-state index in [0.717, 1.165) is 53.7 Å². The molecule has 0 aliphatic heterocycles. The monoisotopic (exact) mass is 540 g/mol. The van der Waals surface area contributed by atoms with Gasteiger partial charge >= 0.3 is 0 Å². The Balaban J connectivity index is 1.22. The van der Waals surface area contributed by atoms with Crippen LogP contribution in [-0.2, 0) is 6.32 Å². The number of halogens is 3. The van der Waals surface area contributed by atoms with E-state index >= 15 is 4.39 Å². The first-order chi connectivity index (χ1) is 19.5. The van der Waals surface area contributed by atoms with Crippen LogP contribution in [0.4, 0.5) is 13.2 Å². The largest absolute Gasteiger partial charge is 0.206 e. The lowest BCUT2D eigenvalue weighted by Crippen LogP contribution is -2.23. The lowest BCUT2D eigenvalue weighted by Gasteiger charge is -2.35. The van der Waals surface area contributed by atoms with Gasteiger partial charge in [-0.2, -0.15) is 0 Å². The second kappa shape index (κ2) is 13.1. The molecule has 0 bridgehead atoms. The van der Waals surface area contributed by atoms with Crippen molar-refractivity contribution >= 4 is 13.4 Å². The van der Waals surface area contributed by atoms with Gasteiger partial charge in [0, 0.05) is 11.1 Å². The van der Waals surface area contributed by atoms with Crippen molar-refractivity contribution in [2.24, 2.45) is 17.8 Å². The van der Waals surface area contributed by atoms with Gasteiger partial charge in [-0.15, -0.1) is 0 Å². The molecule has 0 saturated heterocycles. The third-order valence-corrected chi connectivity index (χ3v) is 9.37. The van der Waals surface area contributed by atoms with Crippen LogP contribution in [0.15, 0.2) is 72.8 Å². The maximum Gasteiger partial charge on any atom is 0.166 e. The van der Waals surface area contributed by atoms with Gasteiger partial charge in [0.15, 0.2) is 11.6 Å². The van der Waals surface area contributed by atoms with E-state index in [0.29, 0.717) is 23.0 Å². The summed E-state index contributed by atoms with van der Waals surface area (Å²) in [5.74, 6) is 0.642. The van der Waals surface area contributed by atoms with Crippen LogP contribution in [0.5, 0.6) is 0 Å². The predicted octanol–water partition coefficient (Wildman–Crippen LogP) is 9.92. The van der Waals surface area contributed by atoms with E-state index in [1.54, 1.807) is 38.2 Å². The summed E-state index contributed by atoms with van der Waals surface area (Å²) in [5, 5.41) is 0. The molecule has 0 amide bonds. The molecule has 0 spiro atoms. The molecule has 1 atom stereocenters. The molecular formula is C36H40BF3. The van der Waals surface area contributed by atoms with Crippen LogP contribution in [0.1, 0.15) is 75.8 Å². The summed E-state index contributed by atoms with van der Waals surface area (Å²) >= 11 is 0. The lowest BCUT2D eigenvalue weighted by atomic mass is 9.70. The van der Waals surface area contributed by atoms with Crippen molar-refractivity contribution in [2.45, 2.75) is 71.0 Å². The summed E-state index contributed by atoms with van der Waals surface area (Å²) in [6.45, 7) is 2.10. The van der Waals surface area contributed by atoms with E-state index in [9.17, 15) is 8.78 Å². The van der Waals surface area contributed by atoms with Crippen molar-refractivity contribution in [3.05, 3.63) is 101 Å². The van der Waals surface area contributed by atoms with Crippen molar-refractivity contribution < 1.29 is 13.2 Å². The fourth-order valence-corrected chi connectivity index (χ4v) is 6.86. The second-order valence-corrected chi connectivity index (χ2v) is 11.7. The highest BCUT2D eigenvalue weighted by Crippen LogP contribution is 2.42. The molecule has 0 N–H and O–H groups in total. The van der Waals surface area contributed by atoms with Crippen LogP contribution in [0.2, 0.25) is 0 Å². The zero-order chi connectivity index (χ0) is 28.1. The summed E-state index contributed by atoms with van der Waals surface area (Å²) in [5.41, 5.74) is 4.67. The Morgan fingerprint density at radius 1 is 0.775 bits per heavy atom. The summed E-state index contributed by atoms with van der Waals surface area (Å²) in [6.07, 6.45) is 18.3. The topological polar surface area (TPSA) is 0 Å². The Labute approximate surface area is 238 Å². The first-order valence-corrected chi connectivity index (χ1v) is 15.2. The molecule has 1 fully saturated rings. The molecule has 1 saturated carbocycles. The van der Waals surface area contributed by atoms with E-state index in [1.165, 1.54) is 38.5 Å². The zero-order valence-corrected chi connectivity index (χ0v) is 23.9. The van der Waals surface area contributed by atoms with E-state index in [1.807, 2.05) is 24.3 Å². The van der Waals surface area contributed by atoms with Gasteiger partial charge in [-0.3, -0.25) is 0 Å². The molecule has 4 heteroatoms. The van der Waals surface area contributed by atoms with Crippen molar-refractivity contribution in [3.8, 4) is 22.3 Å². The highest BCUT2D eigenvalue weighted by Gasteiger charge is 2.29. The first kappa shape index (κ1) is 28.5. The Morgan fingerprint density at radius 2 is 1.48 bits per heavy atom. The third-order valence-electron chi connectivity index (χ3n) is 9.37. The van der Waals surface area contributed by atoms with Crippen LogP contribution < -0.4 is 0 Å². The number of allylic oxidation sites excluding steroid dienone is 4. The normalized spacial score (nSPS) is 21.5. The highest BCUT2D eigenvalue weighted by molar-refractivity contribution is 6.08. The van der Waals surface area contributed by atoms with Crippen LogP contribution in [-0.4, -0.2) is 7.85 Å². The Morgan fingerprint density at radius 3 is 2.12 bits per heavy atom. The van der Waals surface area contributed by atoms with Crippen LogP contribution in [0, 0.1) is 35.2 Å². The van der Waals surface area contributed by atoms with Crippen molar-refractivity contribution in [2.75, 3.05) is 0 Å². The smallest absolute Gasteiger partial charge is 0.166 e. The molecule has 3 aromatic rings. The Bertz CT molecular complexity index is 1360.